The topological polar surface area (TPSA) is 204 Å². The third-order valence-corrected chi connectivity index (χ3v) is 22.9. The lowest BCUT2D eigenvalue weighted by Gasteiger charge is -2.29. The van der Waals surface area contributed by atoms with E-state index in [-0.39, 0.29) is 149 Å². The molecule has 119 heavy (non-hydrogen) atoms. The zero-order chi connectivity index (χ0) is 87.1. The van der Waals surface area contributed by atoms with Gasteiger partial charge in [0.05, 0.1) is 52.9 Å². The first-order valence-electron chi connectivity index (χ1n) is 43.3. The summed E-state index contributed by atoms with van der Waals surface area (Å²) in [4.78, 5) is 0. The molecule has 2 aliphatic carbocycles. The van der Waals surface area contributed by atoms with Crippen LogP contribution in [0.4, 0.5) is 0 Å². The largest absolute Gasteiger partial charge is 0.491 e. The molecular weight excluding hydrogens is 1490 g/mol. The fourth-order valence-electron chi connectivity index (χ4n) is 16.1. The van der Waals surface area contributed by atoms with Gasteiger partial charge in [-0.2, -0.15) is 0 Å². The molecule has 0 amide bonds. The van der Waals surface area contributed by atoms with Crippen LogP contribution >= 0.6 is 0 Å². The van der Waals surface area contributed by atoms with Gasteiger partial charge in [0, 0.05) is 51.4 Å². The highest BCUT2D eigenvalue weighted by Crippen LogP contribution is 2.49. The minimum Gasteiger partial charge on any atom is -0.491 e. The predicted molar refractivity (Wildman–Crippen MR) is 481 cm³/mol. The van der Waals surface area contributed by atoms with Crippen molar-refractivity contribution in [2.24, 2.45) is 0 Å². The fourth-order valence-corrected chi connectivity index (χ4v) is 16.1. The average Bonchev–Trinajstić information content (AvgIpc) is 0.761. The SMILES string of the molecule is CC(C)(C)c1cc2c(OCCO)c(c1)Cc1cc(C(C)(C)C)cc(c1OCCO)Cc1cc(C(C)(C)C)cc(c1OCCOCCOc1c3cc(C(C)(C)C)cc1Cc1cc(C(C)(C)C)cc(c1OCCO)Cc1cc(C(C)(C)C)cc(c1OCCO)Cc1cc(C(C)(C)C)cc(c1OCCO)C3)Cc1cc(C(C)(C)C)cc(c1OCCO)C2. The lowest BCUT2D eigenvalue weighted by atomic mass is 9.79. The molecule has 16 bridgehead atoms. The molecule has 6 N–H and O–H groups in total. The molecule has 8 aromatic rings. The summed E-state index contributed by atoms with van der Waals surface area (Å²) in [7, 11) is 0. The number of aliphatic hydroxyl groups excluding tert-OH is 6. The molecular formula is C104H142O15. The Balaban J connectivity index is 1.13. The first-order chi connectivity index (χ1) is 55.7. The summed E-state index contributed by atoms with van der Waals surface area (Å²) < 4.78 is 62.6. The molecule has 0 aromatic heterocycles. The summed E-state index contributed by atoms with van der Waals surface area (Å²) in [5.41, 5.74) is 21.7. The van der Waals surface area contributed by atoms with Gasteiger partial charge < -0.3 is 73.3 Å². The minimum absolute atomic E-state index is 0.0695. The molecule has 8 aromatic carbocycles. The third-order valence-electron chi connectivity index (χ3n) is 22.9. The summed E-state index contributed by atoms with van der Waals surface area (Å²) in [6, 6.07) is 36.3. The van der Waals surface area contributed by atoms with E-state index in [0.717, 1.165) is 145 Å². The second-order valence-corrected chi connectivity index (χ2v) is 41.1. The maximum absolute atomic E-state index is 10.7. The highest BCUT2D eigenvalue weighted by atomic mass is 16.5. The molecule has 15 heteroatoms. The molecule has 648 valence electrons. The average molecular weight is 1630 g/mol. The first-order valence-corrected chi connectivity index (χ1v) is 43.3. The van der Waals surface area contributed by atoms with Crippen LogP contribution in [0.25, 0.3) is 0 Å². The van der Waals surface area contributed by atoms with E-state index in [9.17, 15) is 30.6 Å². The Labute approximate surface area is 712 Å². The van der Waals surface area contributed by atoms with Crippen LogP contribution in [0.1, 0.15) is 300 Å². The number of benzene rings is 8. The highest BCUT2D eigenvalue weighted by molar-refractivity contribution is 5.63. The van der Waals surface area contributed by atoms with Crippen molar-refractivity contribution in [1.82, 2.24) is 0 Å². The number of hydrogen-bond donors (Lipinski definition) is 6. The van der Waals surface area contributed by atoms with E-state index in [2.05, 4.69) is 263 Å². The molecule has 0 fully saturated rings. The molecule has 0 atom stereocenters. The van der Waals surface area contributed by atoms with E-state index in [0.29, 0.717) is 85.9 Å². The molecule has 0 aliphatic heterocycles. The molecule has 0 spiro atoms. The Hall–Kier alpha value is -8.12. The second-order valence-electron chi connectivity index (χ2n) is 41.1. The number of ether oxygens (including phenoxy) is 9. The smallest absolute Gasteiger partial charge is 0.126 e. The van der Waals surface area contributed by atoms with Gasteiger partial charge in [0.25, 0.3) is 0 Å². The Morgan fingerprint density at radius 1 is 0.168 bits per heavy atom. The van der Waals surface area contributed by atoms with Crippen molar-refractivity contribution in [3.05, 3.63) is 231 Å². The van der Waals surface area contributed by atoms with Crippen LogP contribution in [-0.2, 0) is 99.4 Å². The van der Waals surface area contributed by atoms with Crippen molar-refractivity contribution in [2.45, 2.75) is 261 Å². The second kappa shape index (κ2) is 38.1. The van der Waals surface area contributed by atoms with Crippen molar-refractivity contribution >= 4 is 0 Å². The molecule has 2 aliphatic rings. The van der Waals surface area contributed by atoms with Gasteiger partial charge in [0.15, 0.2) is 0 Å². The quantitative estimate of drug-likeness (QED) is 0.0279. The Bertz CT molecular complexity index is 4280. The molecule has 0 radical (unpaired) electrons. The lowest BCUT2D eigenvalue weighted by molar-refractivity contribution is 0.0756. The molecule has 0 unspecified atom stereocenters. The molecule has 0 heterocycles. The van der Waals surface area contributed by atoms with E-state index in [1.54, 1.807) is 0 Å². The predicted octanol–water partition coefficient (Wildman–Crippen LogP) is 19.1. The maximum atomic E-state index is 10.7. The van der Waals surface area contributed by atoms with Gasteiger partial charge in [-0.05, 0) is 177 Å². The van der Waals surface area contributed by atoms with Gasteiger partial charge in [-0.1, -0.05) is 263 Å². The van der Waals surface area contributed by atoms with Crippen molar-refractivity contribution in [2.75, 3.05) is 106 Å². The van der Waals surface area contributed by atoms with Crippen LogP contribution in [0, 0.1) is 0 Å². The Morgan fingerprint density at radius 3 is 0.361 bits per heavy atom. The van der Waals surface area contributed by atoms with E-state index < -0.39 is 0 Å². The van der Waals surface area contributed by atoms with Gasteiger partial charge >= 0.3 is 0 Å². The van der Waals surface area contributed by atoms with Gasteiger partial charge in [-0.3, -0.25) is 0 Å². The van der Waals surface area contributed by atoms with Gasteiger partial charge in [0.2, 0.25) is 0 Å². The maximum Gasteiger partial charge on any atom is 0.126 e. The fraction of sp³-hybridized carbons (Fsp3) is 0.538. The molecule has 0 saturated heterocycles. The minimum atomic E-state index is -0.316. The highest BCUT2D eigenvalue weighted by Gasteiger charge is 2.34. The van der Waals surface area contributed by atoms with E-state index in [4.69, 9.17) is 42.6 Å². The third kappa shape index (κ3) is 23.4. The summed E-state index contributed by atoms with van der Waals surface area (Å²) >= 11 is 0. The van der Waals surface area contributed by atoms with Gasteiger partial charge in [0.1, 0.15) is 98.9 Å². The van der Waals surface area contributed by atoms with Crippen LogP contribution in [0.3, 0.4) is 0 Å². The molecule has 10 rings (SSSR count). The zero-order valence-corrected chi connectivity index (χ0v) is 76.6. The lowest BCUT2D eigenvalue weighted by Crippen LogP contribution is -2.19. The van der Waals surface area contributed by atoms with E-state index in [1.807, 2.05) is 0 Å². The number of fused-ring (bicyclic) bond motifs is 16. The van der Waals surface area contributed by atoms with Crippen LogP contribution in [-0.4, -0.2) is 136 Å². The molecule has 15 nitrogen and oxygen atoms in total. The molecule has 0 saturated carbocycles. The van der Waals surface area contributed by atoms with Crippen molar-refractivity contribution in [3.8, 4) is 46.0 Å². The standard InChI is InChI=1S/C104H142O15/c1-97(2,3)81-49-65-41-69-53-83(99(7,8)9)57-73(91(69)114-33-27-107)45-77-61-87(103(19,20)21)62-78(46-74-58-84(100(10,11)12)54-70(92(74)115-34-28-108)42-66(50-81)89(65)112-31-25-105)95(77)118-39-37-111-38-40-119-96-79-47-75-59-85(101(13,14)15)55-71(93(75)116-35-29-109)43-67-51-82(98(4,5)6)52-68(90(67)113-32-26-106)44-72-56-86(102(16,17)18)60-76(94(72)117-36-30-110)48-80(96)64-88(63-79)104(22,23)24/h49-64,105-110H,25-48H2,1-24H3. The summed E-state index contributed by atoms with van der Waals surface area (Å²) in [6.07, 6.45) is 3.28. The van der Waals surface area contributed by atoms with E-state index >= 15 is 0 Å². The van der Waals surface area contributed by atoms with Gasteiger partial charge in [-0.25, -0.2) is 0 Å². The summed E-state index contributed by atoms with van der Waals surface area (Å²) in [5.74, 6) is 5.57. The monoisotopic (exact) mass is 1630 g/mol. The number of hydrogen-bond acceptors (Lipinski definition) is 15. The zero-order valence-electron chi connectivity index (χ0n) is 76.6. The summed E-state index contributed by atoms with van der Waals surface area (Å²) in [6.45, 7) is 53.7. The van der Waals surface area contributed by atoms with Crippen molar-refractivity contribution in [3.63, 3.8) is 0 Å². The first kappa shape index (κ1) is 93.2. The number of aliphatic hydroxyl groups is 6. The van der Waals surface area contributed by atoms with Gasteiger partial charge in [-0.15, -0.1) is 0 Å². The summed E-state index contributed by atoms with van der Waals surface area (Å²) in [5, 5.41) is 63.7. The van der Waals surface area contributed by atoms with Crippen molar-refractivity contribution < 1.29 is 73.3 Å². The van der Waals surface area contributed by atoms with E-state index in [1.165, 1.54) is 0 Å². The normalized spacial score (nSPS) is 13.8. The number of rotatable bonds is 26. The Morgan fingerprint density at radius 2 is 0.269 bits per heavy atom. The van der Waals surface area contributed by atoms with Crippen LogP contribution in [0.2, 0.25) is 0 Å². The van der Waals surface area contributed by atoms with Crippen LogP contribution < -0.4 is 37.9 Å². The van der Waals surface area contributed by atoms with Crippen molar-refractivity contribution in [1.29, 1.82) is 0 Å². The van der Waals surface area contributed by atoms with Crippen LogP contribution in [0.15, 0.2) is 97.1 Å². The van der Waals surface area contributed by atoms with Crippen LogP contribution in [0.5, 0.6) is 46.0 Å². The Kier molecular flexibility index (Phi) is 29.8.